The Morgan fingerprint density at radius 2 is 1.86 bits per heavy atom. The summed E-state index contributed by atoms with van der Waals surface area (Å²) in [7, 11) is 0. The van der Waals surface area contributed by atoms with Gasteiger partial charge in [0.05, 0.1) is 30.5 Å². The van der Waals surface area contributed by atoms with E-state index < -0.39 is 5.41 Å². The van der Waals surface area contributed by atoms with Crippen LogP contribution in [-0.2, 0) is 26.3 Å². The summed E-state index contributed by atoms with van der Waals surface area (Å²) in [6.07, 6.45) is 1.71. The Morgan fingerprint density at radius 1 is 1.07 bits per heavy atom. The smallest absolute Gasteiger partial charge is 0.239 e. The molecule has 1 saturated heterocycles. The quantitative estimate of drug-likeness (QED) is 0.754. The molecule has 0 atom stereocenters. The van der Waals surface area contributed by atoms with Gasteiger partial charge in [-0.05, 0) is 29.3 Å². The molecule has 3 heterocycles. The van der Waals surface area contributed by atoms with Crippen LogP contribution in [0.5, 0.6) is 11.6 Å². The third-order valence-corrected chi connectivity index (χ3v) is 5.36. The molecule has 0 bridgehead atoms. The first-order valence-electron chi connectivity index (χ1n) is 9.40. The number of fused-ring (bicyclic) bond motifs is 1. The molecule has 0 saturated carbocycles. The number of imide groups is 1. The second-order valence-corrected chi connectivity index (χ2v) is 8.75. The molecule has 0 aliphatic carbocycles. The van der Waals surface area contributed by atoms with Crippen molar-refractivity contribution in [2.75, 3.05) is 11.5 Å². The number of ether oxygens (including phenoxy) is 2. The number of carbonyl (C=O) groups is 2. The lowest BCUT2D eigenvalue weighted by Crippen LogP contribution is -2.33. The monoisotopic (exact) mass is 380 g/mol. The highest BCUT2D eigenvalue weighted by atomic mass is 16.5. The number of anilines is 1. The molecule has 6 heteroatoms. The minimum absolute atomic E-state index is 0.0759. The fraction of sp³-hybridized carbons (Fsp3) is 0.409. The molecule has 2 amide bonds. The molecule has 1 fully saturated rings. The zero-order valence-electron chi connectivity index (χ0n) is 16.6. The van der Waals surface area contributed by atoms with Crippen molar-refractivity contribution in [3.8, 4) is 11.6 Å². The van der Waals surface area contributed by atoms with E-state index in [0.717, 1.165) is 0 Å². The van der Waals surface area contributed by atoms with E-state index in [4.69, 9.17) is 9.47 Å². The number of pyridine rings is 1. The molecule has 4 rings (SSSR count). The Labute approximate surface area is 164 Å². The molecule has 146 valence electrons. The number of hydrogen-bond donors (Lipinski definition) is 0. The first-order valence-corrected chi connectivity index (χ1v) is 9.40. The highest BCUT2D eigenvalue weighted by Gasteiger charge is 2.45. The van der Waals surface area contributed by atoms with Gasteiger partial charge in [-0.1, -0.05) is 33.8 Å². The number of carbonyl (C=O) groups excluding carboxylic acids is 2. The van der Waals surface area contributed by atoms with Crippen LogP contribution in [0.15, 0.2) is 36.5 Å². The van der Waals surface area contributed by atoms with Crippen molar-refractivity contribution >= 4 is 17.5 Å². The maximum absolute atomic E-state index is 12.4. The predicted molar refractivity (Wildman–Crippen MR) is 104 cm³/mol. The van der Waals surface area contributed by atoms with Crippen LogP contribution < -0.4 is 9.64 Å². The summed E-state index contributed by atoms with van der Waals surface area (Å²) in [5.74, 6) is 0.701. The van der Waals surface area contributed by atoms with Crippen LogP contribution in [0.2, 0.25) is 0 Å². The van der Waals surface area contributed by atoms with E-state index in [1.807, 2.05) is 18.2 Å². The Hall–Kier alpha value is -2.73. The molecule has 2 aliphatic rings. The normalized spacial score (nSPS) is 20.2. The molecular weight excluding hydrogens is 356 g/mol. The SMILES string of the molecule is CC1(C)CC(=O)N(c2ccc(Oc3ccc4c(c3)C(C)(C)COC4)nc2)C1=O. The summed E-state index contributed by atoms with van der Waals surface area (Å²) < 4.78 is 11.6. The molecule has 0 unspecified atom stereocenters. The van der Waals surface area contributed by atoms with Gasteiger partial charge in [-0.15, -0.1) is 0 Å². The summed E-state index contributed by atoms with van der Waals surface area (Å²) >= 11 is 0. The number of benzene rings is 1. The van der Waals surface area contributed by atoms with Gasteiger partial charge in [-0.25, -0.2) is 9.88 Å². The summed E-state index contributed by atoms with van der Waals surface area (Å²) in [4.78, 5) is 30.2. The van der Waals surface area contributed by atoms with Crippen molar-refractivity contribution in [3.05, 3.63) is 47.7 Å². The van der Waals surface area contributed by atoms with Gasteiger partial charge < -0.3 is 9.47 Å². The van der Waals surface area contributed by atoms with E-state index in [-0.39, 0.29) is 23.7 Å². The van der Waals surface area contributed by atoms with Crippen molar-refractivity contribution < 1.29 is 19.1 Å². The van der Waals surface area contributed by atoms with E-state index in [9.17, 15) is 9.59 Å². The number of amides is 2. The van der Waals surface area contributed by atoms with Gasteiger partial charge in [0.25, 0.3) is 0 Å². The van der Waals surface area contributed by atoms with Crippen molar-refractivity contribution in [2.45, 2.75) is 46.1 Å². The molecule has 0 radical (unpaired) electrons. The van der Waals surface area contributed by atoms with Crippen molar-refractivity contribution in [3.63, 3.8) is 0 Å². The predicted octanol–water partition coefficient (Wildman–Crippen LogP) is 3.97. The maximum atomic E-state index is 12.4. The second-order valence-electron chi connectivity index (χ2n) is 8.75. The number of nitrogens with zero attached hydrogens (tertiary/aromatic N) is 2. The molecule has 6 nitrogen and oxygen atoms in total. The highest BCUT2D eigenvalue weighted by Crippen LogP contribution is 2.37. The zero-order valence-corrected chi connectivity index (χ0v) is 16.6. The largest absolute Gasteiger partial charge is 0.439 e. The van der Waals surface area contributed by atoms with Crippen molar-refractivity contribution in [1.82, 2.24) is 4.98 Å². The first-order chi connectivity index (χ1) is 13.2. The summed E-state index contributed by atoms with van der Waals surface area (Å²) in [6, 6.07) is 9.31. The Morgan fingerprint density at radius 3 is 2.50 bits per heavy atom. The molecule has 28 heavy (non-hydrogen) atoms. The van der Waals surface area contributed by atoms with Gasteiger partial charge in [-0.3, -0.25) is 9.59 Å². The lowest BCUT2D eigenvalue weighted by atomic mass is 9.81. The summed E-state index contributed by atoms with van der Waals surface area (Å²) in [6.45, 7) is 9.13. The summed E-state index contributed by atoms with van der Waals surface area (Å²) in [5.41, 5.74) is 2.10. The first kappa shape index (κ1) is 18.6. The van der Waals surface area contributed by atoms with Gasteiger partial charge in [0.2, 0.25) is 17.7 Å². The van der Waals surface area contributed by atoms with E-state index >= 15 is 0 Å². The van der Waals surface area contributed by atoms with Crippen LogP contribution >= 0.6 is 0 Å². The number of rotatable bonds is 3. The van der Waals surface area contributed by atoms with Gasteiger partial charge in [-0.2, -0.15) is 0 Å². The Balaban J connectivity index is 1.55. The topological polar surface area (TPSA) is 68.7 Å². The third kappa shape index (κ3) is 3.18. The van der Waals surface area contributed by atoms with E-state index in [0.29, 0.717) is 30.5 Å². The molecule has 0 N–H and O–H groups in total. The minimum Gasteiger partial charge on any atom is -0.439 e. The standard InChI is InChI=1S/C22H24N2O4/c1-21(2)10-19(25)24(20(21)26)15-6-8-18(23-11-15)28-16-7-5-14-12-27-13-22(3,4)17(14)9-16/h5-9,11H,10,12-13H2,1-4H3. The molecule has 0 spiro atoms. The molecule has 1 aromatic heterocycles. The fourth-order valence-corrected chi connectivity index (χ4v) is 3.76. The maximum Gasteiger partial charge on any atom is 0.239 e. The fourth-order valence-electron chi connectivity index (χ4n) is 3.76. The third-order valence-electron chi connectivity index (χ3n) is 5.36. The van der Waals surface area contributed by atoms with Crippen molar-refractivity contribution in [2.24, 2.45) is 5.41 Å². The Kier molecular flexibility index (Phi) is 4.27. The minimum atomic E-state index is -0.675. The molecule has 2 aliphatic heterocycles. The van der Waals surface area contributed by atoms with Gasteiger partial charge in [0.1, 0.15) is 5.75 Å². The van der Waals surface area contributed by atoms with Crippen LogP contribution in [0, 0.1) is 5.41 Å². The second kappa shape index (κ2) is 6.41. The van der Waals surface area contributed by atoms with E-state index in [2.05, 4.69) is 18.8 Å². The lowest BCUT2D eigenvalue weighted by molar-refractivity contribution is -0.124. The molecule has 1 aromatic carbocycles. The van der Waals surface area contributed by atoms with E-state index in [1.54, 1.807) is 26.0 Å². The van der Waals surface area contributed by atoms with Gasteiger partial charge >= 0.3 is 0 Å². The average molecular weight is 380 g/mol. The van der Waals surface area contributed by atoms with Gasteiger partial charge in [0, 0.05) is 17.9 Å². The highest BCUT2D eigenvalue weighted by molar-refractivity contribution is 6.22. The van der Waals surface area contributed by atoms with Crippen LogP contribution in [-0.4, -0.2) is 23.4 Å². The van der Waals surface area contributed by atoms with Crippen LogP contribution in [0.1, 0.15) is 45.2 Å². The molecular formula is C22H24N2O4. The number of hydrogen-bond acceptors (Lipinski definition) is 5. The number of aromatic nitrogens is 1. The van der Waals surface area contributed by atoms with Crippen LogP contribution in [0.4, 0.5) is 5.69 Å². The summed E-state index contributed by atoms with van der Waals surface area (Å²) in [5, 5.41) is 0. The van der Waals surface area contributed by atoms with Crippen molar-refractivity contribution in [1.29, 1.82) is 0 Å². The lowest BCUT2D eigenvalue weighted by Gasteiger charge is -2.32. The van der Waals surface area contributed by atoms with Gasteiger partial charge in [0.15, 0.2) is 0 Å². The van der Waals surface area contributed by atoms with Crippen LogP contribution in [0.25, 0.3) is 0 Å². The average Bonchev–Trinajstić information content (AvgIpc) is 2.83. The molecule has 2 aromatic rings. The zero-order chi connectivity index (χ0) is 20.1. The van der Waals surface area contributed by atoms with Crippen LogP contribution in [0.3, 0.4) is 0 Å². The Bertz CT molecular complexity index is 948. The van der Waals surface area contributed by atoms with E-state index in [1.165, 1.54) is 22.2 Å².